The molecule has 0 aromatic rings. The number of likely N-dealkylation sites (tertiary alicyclic amines) is 1. The standard InChI is InChI=1S/C9H18N2S/c1-2-11-6-3-4-9(8-11)10-5-7-12-9/h10H,2-8H2,1H3. The molecule has 0 amide bonds. The molecule has 0 aromatic heterocycles. The van der Waals surface area contributed by atoms with Crippen LogP contribution in [0, 0.1) is 0 Å². The molecule has 1 atom stereocenters. The van der Waals surface area contributed by atoms with E-state index in [1.165, 1.54) is 44.8 Å². The molecular formula is C9H18N2S. The van der Waals surface area contributed by atoms with Gasteiger partial charge in [0.05, 0.1) is 4.87 Å². The molecule has 12 heavy (non-hydrogen) atoms. The summed E-state index contributed by atoms with van der Waals surface area (Å²) in [5.74, 6) is 1.30. The maximum Gasteiger partial charge on any atom is 0.0774 e. The second kappa shape index (κ2) is 3.56. The quantitative estimate of drug-likeness (QED) is 0.661. The highest BCUT2D eigenvalue weighted by Crippen LogP contribution is 2.35. The van der Waals surface area contributed by atoms with Crippen molar-refractivity contribution in [2.75, 3.05) is 31.9 Å². The Morgan fingerprint density at radius 2 is 2.50 bits per heavy atom. The number of nitrogens with zero attached hydrogens (tertiary/aromatic N) is 1. The molecule has 2 rings (SSSR count). The Kier molecular flexibility index (Phi) is 2.63. The van der Waals surface area contributed by atoms with Crippen LogP contribution >= 0.6 is 11.8 Å². The lowest BCUT2D eigenvalue weighted by Gasteiger charge is -2.39. The maximum atomic E-state index is 3.66. The minimum Gasteiger partial charge on any atom is -0.301 e. The lowest BCUT2D eigenvalue weighted by Crippen LogP contribution is -2.51. The van der Waals surface area contributed by atoms with Crippen LogP contribution in [-0.4, -0.2) is 41.7 Å². The van der Waals surface area contributed by atoms with E-state index in [0.717, 1.165) is 0 Å². The van der Waals surface area contributed by atoms with E-state index in [-0.39, 0.29) is 0 Å². The summed E-state index contributed by atoms with van der Waals surface area (Å²) in [6, 6.07) is 0. The maximum absolute atomic E-state index is 3.66. The summed E-state index contributed by atoms with van der Waals surface area (Å²) < 4.78 is 0. The molecule has 2 saturated heterocycles. The number of thioether (sulfide) groups is 1. The highest BCUT2D eigenvalue weighted by Gasteiger charge is 2.37. The summed E-state index contributed by atoms with van der Waals surface area (Å²) >= 11 is 2.13. The molecule has 2 fully saturated rings. The second-order valence-corrected chi connectivity index (χ2v) is 5.22. The van der Waals surface area contributed by atoms with Crippen LogP contribution in [0.5, 0.6) is 0 Å². The first-order chi connectivity index (χ1) is 5.85. The number of likely N-dealkylation sites (N-methyl/N-ethyl adjacent to an activating group) is 1. The Morgan fingerprint density at radius 1 is 1.58 bits per heavy atom. The van der Waals surface area contributed by atoms with E-state index in [2.05, 4.69) is 28.9 Å². The zero-order valence-corrected chi connectivity index (χ0v) is 8.62. The van der Waals surface area contributed by atoms with Crippen molar-refractivity contribution >= 4 is 11.8 Å². The summed E-state index contributed by atoms with van der Waals surface area (Å²) in [6.45, 7) is 7.25. The van der Waals surface area contributed by atoms with E-state index in [9.17, 15) is 0 Å². The topological polar surface area (TPSA) is 15.3 Å². The third kappa shape index (κ3) is 1.63. The van der Waals surface area contributed by atoms with Gasteiger partial charge in [0.2, 0.25) is 0 Å². The number of piperidine rings is 1. The zero-order valence-electron chi connectivity index (χ0n) is 7.81. The Balaban J connectivity index is 1.97. The summed E-state index contributed by atoms with van der Waals surface area (Å²) in [4.78, 5) is 3.00. The van der Waals surface area contributed by atoms with Gasteiger partial charge in [-0.05, 0) is 25.9 Å². The SMILES string of the molecule is CCN1CCCC2(C1)NCCS2. The van der Waals surface area contributed by atoms with Crippen LogP contribution in [0.3, 0.4) is 0 Å². The van der Waals surface area contributed by atoms with Gasteiger partial charge in [-0.3, -0.25) is 0 Å². The van der Waals surface area contributed by atoms with Crippen LogP contribution in [0.4, 0.5) is 0 Å². The minimum absolute atomic E-state index is 0.439. The lowest BCUT2D eigenvalue weighted by molar-refractivity contribution is 0.188. The zero-order chi connectivity index (χ0) is 8.44. The second-order valence-electron chi connectivity index (χ2n) is 3.74. The summed E-state index contributed by atoms with van der Waals surface area (Å²) in [6.07, 6.45) is 2.74. The highest BCUT2D eigenvalue weighted by molar-refractivity contribution is 8.00. The smallest absolute Gasteiger partial charge is 0.0774 e. The van der Waals surface area contributed by atoms with Crippen molar-refractivity contribution in [1.29, 1.82) is 0 Å². The first-order valence-electron chi connectivity index (χ1n) is 4.96. The monoisotopic (exact) mass is 186 g/mol. The molecule has 0 saturated carbocycles. The third-order valence-corrected chi connectivity index (χ3v) is 4.35. The van der Waals surface area contributed by atoms with Gasteiger partial charge in [-0.25, -0.2) is 0 Å². The first-order valence-corrected chi connectivity index (χ1v) is 5.94. The molecule has 1 spiro atoms. The summed E-state index contributed by atoms with van der Waals surface area (Å²) in [5.41, 5.74) is 0. The Labute approximate surface area is 79.1 Å². The van der Waals surface area contributed by atoms with Crippen molar-refractivity contribution < 1.29 is 0 Å². The molecule has 1 unspecified atom stereocenters. The van der Waals surface area contributed by atoms with Gasteiger partial charge in [-0.1, -0.05) is 6.92 Å². The predicted octanol–water partition coefficient (Wildman–Crippen LogP) is 1.13. The predicted molar refractivity (Wildman–Crippen MR) is 54.5 cm³/mol. The third-order valence-electron chi connectivity index (χ3n) is 2.91. The van der Waals surface area contributed by atoms with Crippen molar-refractivity contribution in [3.8, 4) is 0 Å². The fourth-order valence-corrected chi connectivity index (χ4v) is 3.58. The van der Waals surface area contributed by atoms with E-state index in [1.54, 1.807) is 0 Å². The van der Waals surface area contributed by atoms with Crippen molar-refractivity contribution in [3.05, 3.63) is 0 Å². The highest BCUT2D eigenvalue weighted by atomic mass is 32.2. The van der Waals surface area contributed by atoms with Gasteiger partial charge in [-0.2, -0.15) is 0 Å². The summed E-state index contributed by atoms with van der Waals surface area (Å²) in [7, 11) is 0. The normalized spacial score (nSPS) is 37.8. The van der Waals surface area contributed by atoms with Gasteiger partial charge in [0.25, 0.3) is 0 Å². The molecule has 3 heteroatoms. The Bertz CT molecular complexity index is 155. The number of nitrogens with one attached hydrogen (secondary N) is 1. The summed E-state index contributed by atoms with van der Waals surface area (Å²) in [5, 5.41) is 3.66. The fraction of sp³-hybridized carbons (Fsp3) is 1.00. The van der Waals surface area contributed by atoms with Crippen molar-refractivity contribution in [3.63, 3.8) is 0 Å². The van der Waals surface area contributed by atoms with Crippen LogP contribution in [0.15, 0.2) is 0 Å². The van der Waals surface area contributed by atoms with Crippen LogP contribution in [0.1, 0.15) is 19.8 Å². The van der Waals surface area contributed by atoms with E-state index >= 15 is 0 Å². The lowest BCUT2D eigenvalue weighted by atomic mass is 10.1. The molecule has 0 aromatic carbocycles. The molecular weight excluding hydrogens is 168 g/mol. The largest absolute Gasteiger partial charge is 0.301 e. The minimum atomic E-state index is 0.439. The molecule has 2 aliphatic rings. The van der Waals surface area contributed by atoms with Crippen molar-refractivity contribution in [1.82, 2.24) is 10.2 Å². The molecule has 1 N–H and O–H groups in total. The molecule has 0 radical (unpaired) electrons. The van der Waals surface area contributed by atoms with Crippen molar-refractivity contribution in [2.24, 2.45) is 0 Å². The van der Waals surface area contributed by atoms with E-state index in [0.29, 0.717) is 4.87 Å². The van der Waals surface area contributed by atoms with Gasteiger partial charge in [-0.15, -0.1) is 11.8 Å². The van der Waals surface area contributed by atoms with Crippen LogP contribution in [0.25, 0.3) is 0 Å². The van der Waals surface area contributed by atoms with Crippen LogP contribution < -0.4 is 5.32 Å². The molecule has 0 aliphatic carbocycles. The average Bonchev–Trinajstić information content (AvgIpc) is 2.53. The molecule has 70 valence electrons. The molecule has 2 nitrogen and oxygen atoms in total. The number of rotatable bonds is 1. The van der Waals surface area contributed by atoms with Crippen LogP contribution in [0.2, 0.25) is 0 Å². The van der Waals surface area contributed by atoms with E-state index in [1.807, 2.05) is 0 Å². The molecule has 2 heterocycles. The Morgan fingerprint density at radius 3 is 3.17 bits per heavy atom. The van der Waals surface area contributed by atoms with E-state index < -0.39 is 0 Å². The van der Waals surface area contributed by atoms with Crippen LogP contribution in [-0.2, 0) is 0 Å². The van der Waals surface area contributed by atoms with Gasteiger partial charge in [0.15, 0.2) is 0 Å². The van der Waals surface area contributed by atoms with Crippen molar-refractivity contribution in [2.45, 2.75) is 24.6 Å². The van der Waals surface area contributed by atoms with E-state index in [4.69, 9.17) is 0 Å². The average molecular weight is 186 g/mol. The van der Waals surface area contributed by atoms with Gasteiger partial charge in [0.1, 0.15) is 0 Å². The fourth-order valence-electron chi connectivity index (χ4n) is 2.22. The Hall–Kier alpha value is 0.270. The molecule has 0 bridgehead atoms. The van der Waals surface area contributed by atoms with Gasteiger partial charge < -0.3 is 10.2 Å². The number of hydrogen-bond acceptors (Lipinski definition) is 3. The van der Waals surface area contributed by atoms with Gasteiger partial charge in [0, 0.05) is 18.8 Å². The number of hydrogen-bond donors (Lipinski definition) is 1. The van der Waals surface area contributed by atoms with Gasteiger partial charge >= 0.3 is 0 Å². The molecule has 2 aliphatic heterocycles. The first kappa shape index (κ1) is 8.85.